The maximum Gasteiger partial charge on any atom is 0.356 e. The van der Waals surface area contributed by atoms with Crippen LogP contribution in [0.3, 0.4) is 0 Å². The molecule has 0 unspecified atom stereocenters. The van der Waals surface area contributed by atoms with Crippen LogP contribution in [0.4, 0.5) is 0 Å². The highest BCUT2D eigenvalue weighted by Gasteiger charge is 2.19. The van der Waals surface area contributed by atoms with Crippen LogP contribution in [0.1, 0.15) is 34.8 Å². The Morgan fingerprint density at radius 3 is 2.45 bits per heavy atom. The van der Waals surface area contributed by atoms with Gasteiger partial charge in [0.15, 0.2) is 11.4 Å². The van der Waals surface area contributed by atoms with E-state index in [1.807, 2.05) is 13.8 Å². The first-order chi connectivity index (χ1) is 9.29. The molecule has 1 N–H and O–H groups in total. The van der Waals surface area contributed by atoms with Crippen molar-refractivity contribution in [2.45, 2.75) is 13.8 Å². The number of carbonyl (C=O) groups is 2. The van der Waals surface area contributed by atoms with Crippen molar-refractivity contribution in [3.8, 4) is 5.75 Å². The number of rotatable bonds is 6. The van der Waals surface area contributed by atoms with Crippen molar-refractivity contribution in [2.24, 2.45) is 5.41 Å². The van der Waals surface area contributed by atoms with Crippen molar-refractivity contribution in [3.05, 3.63) is 23.5 Å². The Morgan fingerprint density at radius 1 is 1.35 bits per heavy atom. The van der Waals surface area contributed by atoms with Gasteiger partial charge in [-0.05, 0) is 0 Å². The fraction of sp³-hybridized carbons (Fsp3) is 0.462. The molecule has 0 aliphatic rings. The maximum absolute atomic E-state index is 11.5. The van der Waals surface area contributed by atoms with Crippen LogP contribution in [0.2, 0.25) is 0 Å². The van der Waals surface area contributed by atoms with E-state index < -0.39 is 11.9 Å². The van der Waals surface area contributed by atoms with E-state index in [4.69, 9.17) is 9.84 Å². The first-order valence-corrected chi connectivity index (χ1v) is 6.93. The molecule has 0 saturated heterocycles. The first kappa shape index (κ1) is 16.4. The first-order valence-electron chi connectivity index (χ1n) is 5.81. The molecular weight excluding hydrogens is 330 g/mol. The molecule has 1 rings (SSSR count). The molecule has 0 aromatic carbocycles. The van der Waals surface area contributed by atoms with Crippen LogP contribution >= 0.6 is 15.9 Å². The number of hydrogen-bond donors (Lipinski definition) is 1. The lowest BCUT2D eigenvalue weighted by Gasteiger charge is -2.22. The lowest BCUT2D eigenvalue weighted by molar-refractivity contribution is 0.0592. The summed E-state index contributed by atoms with van der Waals surface area (Å²) in [5, 5.41) is 9.71. The smallest absolute Gasteiger partial charge is 0.356 e. The summed E-state index contributed by atoms with van der Waals surface area (Å²) in [5.74, 6) is -1.68. The summed E-state index contributed by atoms with van der Waals surface area (Å²) in [6, 6.07) is 2.64. The number of halogens is 1. The highest BCUT2D eigenvalue weighted by molar-refractivity contribution is 9.09. The second kappa shape index (κ2) is 6.69. The van der Waals surface area contributed by atoms with Crippen molar-refractivity contribution in [1.29, 1.82) is 0 Å². The monoisotopic (exact) mass is 345 g/mol. The normalized spacial score (nSPS) is 11.0. The summed E-state index contributed by atoms with van der Waals surface area (Å²) >= 11 is 3.37. The topological polar surface area (TPSA) is 85.7 Å². The van der Waals surface area contributed by atoms with Crippen LogP contribution in [0.25, 0.3) is 0 Å². The molecule has 0 saturated carbocycles. The summed E-state index contributed by atoms with van der Waals surface area (Å²) < 4.78 is 10.1. The molecule has 0 aliphatic carbocycles. The number of aromatic carboxylic acids is 1. The minimum Gasteiger partial charge on any atom is -0.493 e. The number of pyridine rings is 1. The number of carboxylic acids is 1. The molecule has 0 radical (unpaired) electrons. The lowest BCUT2D eigenvalue weighted by Crippen LogP contribution is -2.23. The zero-order valence-corrected chi connectivity index (χ0v) is 13.1. The van der Waals surface area contributed by atoms with Gasteiger partial charge in [-0.25, -0.2) is 14.6 Å². The Kier molecular flexibility index (Phi) is 5.50. The molecule has 7 heteroatoms. The molecule has 1 aromatic rings. The van der Waals surface area contributed by atoms with Gasteiger partial charge in [0, 0.05) is 22.9 Å². The van der Waals surface area contributed by atoms with E-state index in [1.54, 1.807) is 0 Å². The average Bonchev–Trinajstić information content (AvgIpc) is 2.44. The molecule has 0 aliphatic heterocycles. The Balaban J connectivity index is 3.03. The average molecular weight is 346 g/mol. The van der Waals surface area contributed by atoms with E-state index in [0.717, 1.165) is 5.33 Å². The summed E-state index contributed by atoms with van der Waals surface area (Å²) in [6.45, 7) is 4.34. The third-order valence-electron chi connectivity index (χ3n) is 2.40. The minimum absolute atomic E-state index is 0.0981. The number of nitrogens with zero attached hydrogens (tertiary/aromatic N) is 1. The largest absolute Gasteiger partial charge is 0.493 e. The third-order valence-corrected chi connectivity index (χ3v) is 3.92. The second-order valence-electron chi connectivity index (χ2n) is 4.96. The number of hydrogen-bond acceptors (Lipinski definition) is 5. The van der Waals surface area contributed by atoms with E-state index in [2.05, 4.69) is 25.7 Å². The van der Waals surface area contributed by atoms with Crippen molar-refractivity contribution in [2.75, 3.05) is 19.0 Å². The number of aromatic nitrogens is 1. The predicted molar refractivity (Wildman–Crippen MR) is 75.6 cm³/mol. The molecule has 0 bridgehead atoms. The number of ether oxygens (including phenoxy) is 2. The molecule has 20 heavy (non-hydrogen) atoms. The van der Waals surface area contributed by atoms with Crippen molar-refractivity contribution in [1.82, 2.24) is 4.98 Å². The van der Waals surface area contributed by atoms with Crippen LogP contribution in [-0.4, -0.2) is 41.1 Å². The summed E-state index contributed by atoms with van der Waals surface area (Å²) in [5.41, 5.74) is -0.489. The van der Waals surface area contributed by atoms with Gasteiger partial charge in [0.25, 0.3) is 0 Å². The molecule has 0 atom stereocenters. The maximum atomic E-state index is 11.5. The molecule has 1 heterocycles. The van der Waals surface area contributed by atoms with E-state index >= 15 is 0 Å². The van der Waals surface area contributed by atoms with Gasteiger partial charge in [-0.15, -0.1) is 0 Å². The SMILES string of the molecule is COC(=O)c1cc(OCC(C)(C)CBr)cc(C(=O)O)n1. The van der Waals surface area contributed by atoms with Gasteiger partial charge in [0.2, 0.25) is 0 Å². The van der Waals surface area contributed by atoms with Gasteiger partial charge in [0.1, 0.15) is 5.75 Å². The summed E-state index contributed by atoms with van der Waals surface area (Å²) in [6.07, 6.45) is 0. The molecule has 110 valence electrons. The zero-order chi connectivity index (χ0) is 15.3. The number of carbonyl (C=O) groups excluding carboxylic acids is 1. The Morgan fingerprint density at radius 2 is 1.95 bits per heavy atom. The Labute approximate surface area is 125 Å². The van der Waals surface area contributed by atoms with E-state index in [0.29, 0.717) is 6.61 Å². The molecule has 1 aromatic heterocycles. The minimum atomic E-state index is -1.24. The van der Waals surface area contributed by atoms with E-state index in [9.17, 15) is 9.59 Å². The molecule has 0 fully saturated rings. The summed E-state index contributed by atoms with van der Waals surface area (Å²) in [7, 11) is 1.20. The number of carboxylic acid groups (broad SMARTS) is 1. The Bertz CT molecular complexity index is 515. The van der Waals surface area contributed by atoms with Gasteiger partial charge in [0.05, 0.1) is 13.7 Å². The standard InChI is InChI=1S/C13H16BrNO5/c1-13(2,6-14)7-20-8-4-9(11(16)17)15-10(5-8)12(18)19-3/h4-5H,6-7H2,1-3H3,(H,16,17). The molecule has 6 nitrogen and oxygen atoms in total. The fourth-order valence-corrected chi connectivity index (χ4v) is 1.39. The van der Waals surface area contributed by atoms with Gasteiger partial charge in [-0.1, -0.05) is 29.8 Å². The highest BCUT2D eigenvalue weighted by atomic mass is 79.9. The molecule has 0 spiro atoms. The predicted octanol–water partition coefficient (Wildman–Crippen LogP) is 2.37. The van der Waals surface area contributed by atoms with E-state index in [1.165, 1.54) is 19.2 Å². The van der Waals surface area contributed by atoms with Crippen LogP contribution in [0, 0.1) is 5.41 Å². The Hall–Kier alpha value is -1.63. The number of alkyl halides is 1. The zero-order valence-electron chi connectivity index (χ0n) is 11.5. The van der Waals surface area contributed by atoms with E-state index in [-0.39, 0.29) is 22.6 Å². The van der Waals surface area contributed by atoms with Crippen LogP contribution < -0.4 is 4.74 Å². The van der Waals surface area contributed by atoms with Gasteiger partial charge in [-0.3, -0.25) is 0 Å². The van der Waals surface area contributed by atoms with Gasteiger partial charge in [-0.2, -0.15) is 0 Å². The van der Waals surface area contributed by atoms with Gasteiger partial charge >= 0.3 is 11.9 Å². The third kappa shape index (κ3) is 4.48. The van der Waals surface area contributed by atoms with Crippen LogP contribution in [0.5, 0.6) is 5.75 Å². The summed E-state index contributed by atoms with van der Waals surface area (Å²) in [4.78, 5) is 26.2. The van der Waals surface area contributed by atoms with Crippen molar-refractivity contribution < 1.29 is 24.2 Å². The second-order valence-corrected chi connectivity index (χ2v) is 5.52. The van der Waals surface area contributed by atoms with Crippen molar-refractivity contribution >= 4 is 27.9 Å². The number of methoxy groups -OCH3 is 1. The molecular formula is C13H16BrNO5. The fourth-order valence-electron chi connectivity index (χ4n) is 1.22. The van der Waals surface area contributed by atoms with Crippen LogP contribution in [0.15, 0.2) is 12.1 Å². The molecule has 0 amide bonds. The van der Waals surface area contributed by atoms with Crippen molar-refractivity contribution in [3.63, 3.8) is 0 Å². The highest BCUT2D eigenvalue weighted by Crippen LogP contribution is 2.22. The van der Waals surface area contributed by atoms with Gasteiger partial charge < -0.3 is 14.6 Å². The lowest BCUT2D eigenvalue weighted by atomic mass is 9.98. The number of esters is 1. The van der Waals surface area contributed by atoms with Crippen LogP contribution in [-0.2, 0) is 4.74 Å². The quantitative estimate of drug-likeness (QED) is 0.629.